The van der Waals surface area contributed by atoms with Crippen LogP contribution < -0.4 is 0 Å². The second-order valence-corrected chi connectivity index (χ2v) is 3.92. The molecule has 4 heteroatoms. The van der Waals surface area contributed by atoms with Crippen LogP contribution in [0.3, 0.4) is 0 Å². The Bertz CT molecular complexity index is 423. The zero-order chi connectivity index (χ0) is 12.7. The van der Waals surface area contributed by atoms with Crippen molar-refractivity contribution in [2.75, 3.05) is 0 Å². The predicted molar refractivity (Wildman–Crippen MR) is 63.3 cm³/mol. The lowest BCUT2D eigenvalue weighted by Crippen LogP contribution is -2.03. The third kappa shape index (κ3) is 5.54. The molecule has 0 aliphatic carbocycles. The van der Waals surface area contributed by atoms with Crippen LogP contribution in [0.5, 0.6) is 0 Å². The van der Waals surface area contributed by atoms with E-state index >= 15 is 0 Å². The molecule has 0 amide bonds. The SMILES string of the molecule is Brc1c[c]ccc1.FC(F)(F)c1cc[c]cc1. The van der Waals surface area contributed by atoms with E-state index in [2.05, 4.69) is 28.1 Å². The van der Waals surface area contributed by atoms with E-state index in [0.717, 1.165) is 16.6 Å². The van der Waals surface area contributed by atoms with Gasteiger partial charge in [0.15, 0.2) is 0 Å². The van der Waals surface area contributed by atoms with Crippen LogP contribution in [-0.2, 0) is 6.18 Å². The summed E-state index contributed by atoms with van der Waals surface area (Å²) in [6, 6.07) is 17.5. The van der Waals surface area contributed by atoms with Crippen LogP contribution >= 0.6 is 15.9 Å². The summed E-state index contributed by atoms with van der Waals surface area (Å²) >= 11 is 3.28. The van der Waals surface area contributed by atoms with E-state index in [1.807, 2.05) is 24.3 Å². The second-order valence-electron chi connectivity index (χ2n) is 3.01. The zero-order valence-corrected chi connectivity index (χ0v) is 10.2. The molecular formula is C13H8BrF3. The standard InChI is InChI=1S/C7H4F3.C6H4Br/c8-7(9,10)6-4-2-1-3-5-6;7-6-4-2-1-3-5-6/h2-5H;1-2,4-5H. The molecule has 0 atom stereocenters. The summed E-state index contributed by atoms with van der Waals surface area (Å²) in [6.07, 6.45) is -4.23. The van der Waals surface area contributed by atoms with E-state index in [0.29, 0.717) is 0 Å². The molecule has 0 unspecified atom stereocenters. The van der Waals surface area contributed by atoms with Crippen LogP contribution in [0.15, 0.2) is 53.0 Å². The molecule has 0 spiro atoms. The number of hydrogen-bond acceptors (Lipinski definition) is 0. The highest BCUT2D eigenvalue weighted by Gasteiger charge is 2.29. The Morgan fingerprint density at radius 3 is 1.88 bits per heavy atom. The Labute approximate surface area is 106 Å². The number of benzene rings is 2. The first-order valence-corrected chi connectivity index (χ1v) is 5.44. The molecule has 0 saturated carbocycles. The van der Waals surface area contributed by atoms with Gasteiger partial charge in [0.05, 0.1) is 5.56 Å². The minimum atomic E-state index is -4.23. The van der Waals surface area contributed by atoms with Crippen LogP contribution in [0, 0.1) is 12.1 Å². The lowest BCUT2D eigenvalue weighted by molar-refractivity contribution is -0.137. The predicted octanol–water partition coefficient (Wildman–Crippen LogP) is 4.75. The van der Waals surface area contributed by atoms with Crippen LogP contribution in [0.2, 0.25) is 0 Å². The fourth-order valence-corrected chi connectivity index (χ4v) is 1.23. The van der Waals surface area contributed by atoms with Crippen molar-refractivity contribution in [2.45, 2.75) is 6.18 Å². The lowest BCUT2D eigenvalue weighted by Gasteiger charge is -2.03. The van der Waals surface area contributed by atoms with Gasteiger partial charge in [-0.15, -0.1) is 0 Å². The van der Waals surface area contributed by atoms with Crippen LogP contribution in [0.4, 0.5) is 13.2 Å². The third-order valence-electron chi connectivity index (χ3n) is 1.71. The minimum Gasteiger partial charge on any atom is -0.166 e. The van der Waals surface area contributed by atoms with Crippen LogP contribution in [0.1, 0.15) is 5.56 Å². The monoisotopic (exact) mass is 300 g/mol. The molecule has 2 radical (unpaired) electrons. The Morgan fingerprint density at radius 1 is 0.941 bits per heavy atom. The number of alkyl halides is 3. The van der Waals surface area contributed by atoms with Gasteiger partial charge in [-0.1, -0.05) is 40.2 Å². The molecule has 0 aromatic heterocycles. The summed E-state index contributed by atoms with van der Waals surface area (Å²) < 4.78 is 36.4. The summed E-state index contributed by atoms with van der Waals surface area (Å²) in [4.78, 5) is 0. The van der Waals surface area contributed by atoms with Crippen LogP contribution in [0.25, 0.3) is 0 Å². The maximum Gasteiger partial charge on any atom is 0.416 e. The molecule has 17 heavy (non-hydrogen) atoms. The van der Waals surface area contributed by atoms with Crippen molar-refractivity contribution < 1.29 is 13.2 Å². The Kier molecular flexibility index (Phi) is 5.22. The van der Waals surface area contributed by atoms with E-state index in [1.165, 1.54) is 12.1 Å². The average Bonchev–Trinajstić information content (AvgIpc) is 2.31. The fourth-order valence-electron chi connectivity index (χ4n) is 0.947. The van der Waals surface area contributed by atoms with Crippen molar-refractivity contribution in [3.8, 4) is 0 Å². The van der Waals surface area contributed by atoms with Crippen molar-refractivity contribution in [2.24, 2.45) is 0 Å². The molecule has 2 aromatic carbocycles. The maximum absolute atomic E-state index is 11.8. The number of hydrogen-bond donors (Lipinski definition) is 0. The molecule has 2 rings (SSSR count). The highest BCUT2D eigenvalue weighted by atomic mass is 79.9. The van der Waals surface area contributed by atoms with Gasteiger partial charge in [-0.3, -0.25) is 0 Å². The Morgan fingerprint density at radius 2 is 1.59 bits per heavy atom. The van der Waals surface area contributed by atoms with Gasteiger partial charge >= 0.3 is 6.18 Å². The molecule has 0 heterocycles. The molecule has 0 nitrogen and oxygen atoms in total. The topological polar surface area (TPSA) is 0 Å². The molecule has 0 aliphatic heterocycles. The zero-order valence-electron chi connectivity index (χ0n) is 8.63. The summed E-state index contributed by atoms with van der Waals surface area (Å²) in [6.45, 7) is 0. The second kappa shape index (κ2) is 6.45. The average molecular weight is 301 g/mol. The van der Waals surface area contributed by atoms with Crippen molar-refractivity contribution in [1.82, 2.24) is 0 Å². The minimum absolute atomic E-state index is 0.633. The Balaban J connectivity index is 0.000000181. The van der Waals surface area contributed by atoms with Crippen molar-refractivity contribution in [1.29, 1.82) is 0 Å². The van der Waals surface area contributed by atoms with Gasteiger partial charge in [-0.2, -0.15) is 13.2 Å². The number of halogens is 4. The molecular weight excluding hydrogens is 293 g/mol. The van der Waals surface area contributed by atoms with Gasteiger partial charge in [0.1, 0.15) is 0 Å². The molecule has 88 valence electrons. The highest BCUT2D eigenvalue weighted by molar-refractivity contribution is 9.10. The van der Waals surface area contributed by atoms with Gasteiger partial charge in [0, 0.05) is 4.47 Å². The summed E-state index contributed by atoms with van der Waals surface area (Å²) in [7, 11) is 0. The van der Waals surface area contributed by atoms with Crippen molar-refractivity contribution in [3.63, 3.8) is 0 Å². The normalized spacial score (nSPS) is 10.4. The van der Waals surface area contributed by atoms with E-state index in [9.17, 15) is 13.2 Å². The fraction of sp³-hybridized carbons (Fsp3) is 0.0769. The third-order valence-corrected chi connectivity index (χ3v) is 2.21. The van der Waals surface area contributed by atoms with Gasteiger partial charge in [0.2, 0.25) is 0 Å². The molecule has 0 bridgehead atoms. The quantitative estimate of drug-likeness (QED) is 0.658. The molecule has 2 aromatic rings. The van der Waals surface area contributed by atoms with E-state index < -0.39 is 11.7 Å². The summed E-state index contributed by atoms with van der Waals surface area (Å²) in [5.41, 5.74) is -0.633. The summed E-state index contributed by atoms with van der Waals surface area (Å²) in [5, 5.41) is 0. The van der Waals surface area contributed by atoms with E-state index in [4.69, 9.17) is 0 Å². The maximum atomic E-state index is 11.8. The molecule has 0 aliphatic rings. The van der Waals surface area contributed by atoms with E-state index in [-0.39, 0.29) is 0 Å². The molecule has 0 saturated heterocycles. The van der Waals surface area contributed by atoms with Gasteiger partial charge in [0.25, 0.3) is 0 Å². The Hall–Kier alpha value is -1.29. The van der Waals surface area contributed by atoms with E-state index in [1.54, 1.807) is 0 Å². The molecule has 0 fully saturated rings. The van der Waals surface area contributed by atoms with Gasteiger partial charge in [-0.05, 0) is 36.4 Å². The molecule has 0 N–H and O–H groups in total. The first-order chi connectivity index (χ1) is 8.00. The van der Waals surface area contributed by atoms with Gasteiger partial charge in [-0.25, -0.2) is 0 Å². The van der Waals surface area contributed by atoms with Crippen LogP contribution in [-0.4, -0.2) is 0 Å². The highest BCUT2D eigenvalue weighted by Crippen LogP contribution is 2.28. The van der Waals surface area contributed by atoms with Crippen molar-refractivity contribution in [3.05, 3.63) is 70.7 Å². The largest absolute Gasteiger partial charge is 0.416 e. The first-order valence-electron chi connectivity index (χ1n) is 4.65. The van der Waals surface area contributed by atoms with Crippen molar-refractivity contribution >= 4 is 15.9 Å². The lowest BCUT2D eigenvalue weighted by atomic mass is 10.2. The number of rotatable bonds is 0. The first kappa shape index (κ1) is 13.8. The van der Waals surface area contributed by atoms with Gasteiger partial charge < -0.3 is 0 Å². The summed E-state index contributed by atoms with van der Waals surface area (Å²) in [5.74, 6) is 0. The smallest absolute Gasteiger partial charge is 0.166 e.